The molecule has 0 spiro atoms. The molecule has 2 aromatic carbocycles. The summed E-state index contributed by atoms with van der Waals surface area (Å²) in [6.07, 6.45) is 0.492. The SMILES string of the molecule is CC[C@H](NS(=O)(=O)c1ccccc1[N+](=O)[O-])c1ccc(OC)cc1. The van der Waals surface area contributed by atoms with Gasteiger partial charge in [0.25, 0.3) is 5.69 Å². The van der Waals surface area contributed by atoms with Crippen LogP contribution in [0, 0.1) is 10.1 Å². The van der Waals surface area contributed by atoms with E-state index in [4.69, 9.17) is 4.74 Å². The molecule has 0 unspecified atom stereocenters. The van der Waals surface area contributed by atoms with Crippen molar-refractivity contribution in [1.29, 1.82) is 0 Å². The average molecular weight is 350 g/mol. The molecular formula is C16H18N2O5S. The van der Waals surface area contributed by atoms with Crippen LogP contribution in [-0.4, -0.2) is 20.5 Å². The molecule has 0 aromatic heterocycles. The van der Waals surface area contributed by atoms with Gasteiger partial charge in [-0.1, -0.05) is 31.2 Å². The number of ether oxygens (including phenoxy) is 1. The fourth-order valence-electron chi connectivity index (χ4n) is 2.31. The Morgan fingerprint density at radius 3 is 2.33 bits per heavy atom. The minimum Gasteiger partial charge on any atom is -0.497 e. The molecule has 0 radical (unpaired) electrons. The summed E-state index contributed by atoms with van der Waals surface area (Å²) in [5.41, 5.74) is 0.301. The van der Waals surface area contributed by atoms with Crippen molar-refractivity contribution in [3.8, 4) is 5.75 Å². The predicted molar refractivity (Wildman–Crippen MR) is 89.4 cm³/mol. The van der Waals surface area contributed by atoms with Crippen molar-refractivity contribution in [1.82, 2.24) is 4.72 Å². The summed E-state index contributed by atoms with van der Waals surface area (Å²) in [4.78, 5) is 10.0. The lowest BCUT2D eigenvalue weighted by Gasteiger charge is -2.18. The van der Waals surface area contributed by atoms with E-state index in [2.05, 4.69) is 4.72 Å². The summed E-state index contributed by atoms with van der Waals surface area (Å²) in [6.45, 7) is 1.83. The van der Waals surface area contributed by atoms with Gasteiger partial charge in [0.15, 0.2) is 4.90 Å². The van der Waals surface area contributed by atoms with Crippen LogP contribution in [0.4, 0.5) is 5.69 Å². The molecule has 0 aliphatic carbocycles. The van der Waals surface area contributed by atoms with E-state index >= 15 is 0 Å². The molecule has 0 fully saturated rings. The lowest BCUT2D eigenvalue weighted by molar-refractivity contribution is -0.387. The number of nitro groups is 1. The molecule has 2 rings (SSSR count). The van der Waals surface area contributed by atoms with E-state index in [0.717, 1.165) is 5.56 Å². The largest absolute Gasteiger partial charge is 0.497 e. The van der Waals surface area contributed by atoms with Crippen LogP contribution in [0.3, 0.4) is 0 Å². The third-order valence-corrected chi connectivity index (χ3v) is 5.09. The molecule has 0 aliphatic heterocycles. The predicted octanol–water partition coefficient (Wildman–Crippen LogP) is 3.03. The number of hydrogen-bond acceptors (Lipinski definition) is 5. The fourth-order valence-corrected chi connectivity index (χ4v) is 3.79. The summed E-state index contributed by atoms with van der Waals surface area (Å²) in [6, 6.07) is 11.8. The maximum absolute atomic E-state index is 12.6. The Morgan fingerprint density at radius 1 is 1.17 bits per heavy atom. The van der Waals surface area contributed by atoms with Crippen molar-refractivity contribution in [2.75, 3.05) is 7.11 Å². The van der Waals surface area contributed by atoms with Gasteiger partial charge in [0.05, 0.1) is 12.0 Å². The van der Waals surface area contributed by atoms with Gasteiger partial charge < -0.3 is 4.74 Å². The molecule has 8 heteroatoms. The Kier molecular flexibility index (Phi) is 5.53. The first-order valence-corrected chi connectivity index (χ1v) is 8.77. The van der Waals surface area contributed by atoms with Crippen LogP contribution in [0.25, 0.3) is 0 Å². The van der Waals surface area contributed by atoms with E-state index < -0.39 is 26.7 Å². The van der Waals surface area contributed by atoms with Crippen LogP contribution in [0.1, 0.15) is 24.9 Å². The molecule has 0 aliphatic rings. The van der Waals surface area contributed by atoms with Gasteiger partial charge >= 0.3 is 0 Å². The number of rotatable bonds is 7. The lowest BCUT2D eigenvalue weighted by Crippen LogP contribution is -2.28. The molecular weight excluding hydrogens is 332 g/mol. The van der Waals surface area contributed by atoms with E-state index in [1.54, 1.807) is 31.4 Å². The second kappa shape index (κ2) is 7.41. The Balaban J connectivity index is 2.34. The number of hydrogen-bond donors (Lipinski definition) is 1. The van der Waals surface area contributed by atoms with Crippen LogP contribution in [0.15, 0.2) is 53.4 Å². The standard InChI is InChI=1S/C16H18N2O5S/c1-3-14(12-8-10-13(23-2)11-9-12)17-24(21,22)16-7-5-4-6-15(16)18(19)20/h4-11,14,17H,3H2,1-2H3/t14-/m0/s1. The van der Waals surface area contributed by atoms with Crippen LogP contribution in [0.5, 0.6) is 5.75 Å². The van der Waals surface area contributed by atoms with E-state index in [-0.39, 0.29) is 4.90 Å². The molecule has 0 amide bonds. The Labute approximate surface area is 140 Å². The second-order valence-corrected chi connectivity index (χ2v) is 6.76. The molecule has 7 nitrogen and oxygen atoms in total. The van der Waals surface area contributed by atoms with Gasteiger partial charge in [-0.2, -0.15) is 0 Å². The van der Waals surface area contributed by atoms with E-state index in [1.807, 2.05) is 6.92 Å². The Bertz CT molecular complexity index is 819. The maximum atomic E-state index is 12.6. The zero-order chi connectivity index (χ0) is 17.7. The third kappa shape index (κ3) is 3.90. The molecule has 1 atom stereocenters. The van der Waals surface area contributed by atoms with Gasteiger partial charge in [-0.25, -0.2) is 13.1 Å². The smallest absolute Gasteiger partial charge is 0.289 e. The van der Waals surface area contributed by atoms with Gasteiger partial charge in [-0.15, -0.1) is 0 Å². The van der Waals surface area contributed by atoms with E-state index in [1.165, 1.54) is 24.3 Å². The van der Waals surface area contributed by atoms with Crippen molar-refractivity contribution in [2.24, 2.45) is 0 Å². The quantitative estimate of drug-likeness (QED) is 0.611. The highest BCUT2D eigenvalue weighted by Crippen LogP contribution is 2.26. The summed E-state index contributed by atoms with van der Waals surface area (Å²) >= 11 is 0. The van der Waals surface area contributed by atoms with Crippen LogP contribution < -0.4 is 9.46 Å². The minimum atomic E-state index is -4.03. The first-order valence-electron chi connectivity index (χ1n) is 7.28. The van der Waals surface area contributed by atoms with E-state index in [9.17, 15) is 18.5 Å². The number of nitrogens with one attached hydrogen (secondary N) is 1. The van der Waals surface area contributed by atoms with Gasteiger partial charge in [0.1, 0.15) is 5.75 Å². The second-order valence-electron chi connectivity index (χ2n) is 5.08. The zero-order valence-electron chi connectivity index (χ0n) is 13.3. The molecule has 0 heterocycles. The summed E-state index contributed by atoms with van der Waals surface area (Å²) in [5, 5.41) is 11.1. The summed E-state index contributed by atoms with van der Waals surface area (Å²) in [5.74, 6) is 0.662. The highest BCUT2D eigenvalue weighted by Gasteiger charge is 2.27. The minimum absolute atomic E-state index is 0.345. The Hall–Kier alpha value is -2.45. The Morgan fingerprint density at radius 2 is 1.79 bits per heavy atom. The van der Waals surface area contributed by atoms with Crippen LogP contribution in [0.2, 0.25) is 0 Å². The van der Waals surface area contributed by atoms with Gasteiger partial charge in [-0.3, -0.25) is 10.1 Å². The molecule has 2 aromatic rings. The highest BCUT2D eigenvalue weighted by atomic mass is 32.2. The number of methoxy groups -OCH3 is 1. The molecule has 0 bridgehead atoms. The lowest BCUT2D eigenvalue weighted by atomic mass is 10.1. The van der Waals surface area contributed by atoms with Gasteiger partial charge in [0, 0.05) is 12.1 Å². The number of nitrogens with zero attached hydrogens (tertiary/aromatic N) is 1. The topological polar surface area (TPSA) is 98.5 Å². The van der Waals surface area contributed by atoms with E-state index in [0.29, 0.717) is 12.2 Å². The van der Waals surface area contributed by atoms with Crippen LogP contribution in [-0.2, 0) is 10.0 Å². The molecule has 0 saturated heterocycles. The zero-order valence-corrected chi connectivity index (χ0v) is 14.1. The van der Waals surface area contributed by atoms with Crippen molar-refractivity contribution >= 4 is 15.7 Å². The average Bonchev–Trinajstić information content (AvgIpc) is 2.59. The summed E-state index contributed by atoms with van der Waals surface area (Å²) in [7, 11) is -2.49. The number of benzene rings is 2. The fraction of sp³-hybridized carbons (Fsp3) is 0.250. The van der Waals surface area contributed by atoms with Crippen molar-refractivity contribution in [2.45, 2.75) is 24.3 Å². The first-order chi connectivity index (χ1) is 11.4. The monoisotopic (exact) mass is 350 g/mol. The van der Waals surface area contributed by atoms with Gasteiger partial charge in [0.2, 0.25) is 10.0 Å². The van der Waals surface area contributed by atoms with Crippen molar-refractivity contribution in [3.05, 3.63) is 64.2 Å². The van der Waals surface area contributed by atoms with Gasteiger partial charge in [-0.05, 0) is 30.2 Å². The third-order valence-electron chi connectivity index (χ3n) is 3.58. The number of nitro benzene ring substituents is 1. The van der Waals surface area contributed by atoms with Crippen molar-refractivity contribution < 1.29 is 18.1 Å². The molecule has 128 valence electrons. The van der Waals surface area contributed by atoms with Crippen molar-refractivity contribution in [3.63, 3.8) is 0 Å². The normalized spacial score (nSPS) is 12.6. The first kappa shape index (κ1) is 17.9. The summed E-state index contributed by atoms with van der Waals surface area (Å²) < 4.78 is 32.8. The number of para-hydroxylation sites is 1. The molecule has 0 saturated carbocycles. The molecule has 1 N–H and O–H groups in total. The maximum Gasteiger partial charge on any atom is 0.289 e. The number of sulfonamides is 1. The highest BCUT2D eigenvalue weighted by molar-refractivity contribution is 7.89. The van der Waals surface area contributed by atoms with Crippen LogP contribution >= 0.6 is 0 Å². The molecule has 24 heavy (non-hydrogen) atoms.